The Morgan fingerprint density at radius 1 is 1.21 bits per heavy atom. The van der Waals surface area contributed by atoms with Gasteiger partial charge in [0, 0.05) is 31.7 Å². The summed E-state index contributed by atoms with van der Waals surface area (Å²) < 4.78 is 0. The van der Waals surface area contributed by atoms with Crippen LogP contribution in [0.25, 0.3) is 0 Å². The number of benzene rings is 1. The zero-order valence-corrected chi connectivity index (χ0v) is 19.7. The van der Waals surface area contributed by atoms with Crippen LogP contribution in [-0.4, -0.2) is 53.8 Å². The van der Waals surface area contributed by atoms with Crippen LogP contribution in [-0.2, 0) is 0 Å². The van der Waals surface area contributed by atoms with Crippen molar-refractivity contribution in [2.75, 3.05) is 26.2 Å². The van der Waals surface area contributed by atoms with Gasteiger partial charge in [0.1, 0.15) is 0 Å². The maximum absolute atomic E-state index is 10.5. The predicted octanol–water partition coefficient (Wildman–Crippen LogP) is 3.69. The minimum Gasteiger partial charge on any atom is -0.388 e. The molecule has 1 aromatic carbocycles. The summed E-state index contributed by atoms with van der Waals surface area (Å²) in [4.78, 5) is 7.26. The van der Waals surface area contributed by atoms with Crippen molar-refractivity contribution < 1.29 is 5.11 Å². The van der Waals surface area contributed by atoms with Gasteiger partial charge in [0.15, 0.2) is 5.96 Å². The van der Waals surface area contributed by atoms with Crippen LogP contribution in [0.15, 0.2) is 35.3 Å². The molecule has 28 heavy (non-hydrogen) atoms. The number of piperidine rings is 1. The lowest BCUT2D eigenvalue weighted by Crippen LogP contribution is -2.49. The number of guanidine groups is 1. The third-order valence-electron chi connectivity index (χ3n) is 6.11. The molecule has 1 heterocycles. The quantitative estimate of drug-likeness (QED) is 0.317. The highest BCUT2D eigenvalue weighted by atomic mass is 127. The van der Waals surface area contributed by atoms with E-state index in [1.54, 1.807) is 0 Å². The second-order valence-electron chi connectivity index (χ2n) is 8.17. The van der Waals surface area contributed by atoms with E-state index in [0.29, 0.717) is 18.6 Å². The molecule has 1 aliphatic heterocycles. The summed E-state index contributed by atoms with van der Waals surface area (Å²) >= 11 is 0. The van der Waals surface area contributed by atoms with Gasteiger partial charge >= 0.3 is 0 Å². The van der Waals surface area contributed by atoms with Crippen LogP contribution >= 0.6 is 24.0 Å². The number of rotatable bonds is 6. The van der Waals surface area contributed by atoms with Crippen LogP contribution in [0, 0.1) is 0 Å². The van der Waals surface area contributed by atoms with Gasteiger partial charge in [-0.3, -0.25) is 9.89 Å². The average Bonchev–Trinajstić information content (AvgIpc) is 3.14. The summed E-state index contributed by atoms with van der Waals surface area (Å²) in [5.41, 5.74) is 0.806. The van der Waals surface area contributed by atoms with Crippen LogP contribution in [0.5, 0.6) is 0 Å². The number of aliphatic hydroxyl groups is 1. The van der Waals surface area contributed by atoms with Crippen molar-refractivity contribution in [2.24, 2.45) is 4.99 Å². The maximum Gasteiger partial charge on any atom is 0.191 e. The van der Waals surface area contributed by atoms with Gasteiger partial charge < -0.3 is 15.7 Å². The molecule has 0 bridgehead atoms. The van der Waals surface area contributed by atoms with Crippen molar-refractivity contribution >= 4 is 29.9 Å². The van der Waals surface area contributed by atoms with Gasteiger partial charge in [0.25, 0.3) is 0 Å². The monoisotopic (exact) mass is 500 g/mol. The Kier molecular flexibility index (Phi) is 9.50. The molecule has 0 amide bonds. The summed E-state index contributed by atoms with van der Waals surface area (Å²) in [6.07, 6.45) is 6.23. The first-order valence-corrected chi connectivity index (χ1v) is 10.7. The molecule has 6 heteroatoms. The normalized spacial score (nSPS) is 21.8. The maximum atomic E-state index is 10.5. The van der Waals surface area contributed by atoms with E-state index in [4.69, 9.17) is 4.99 Å². The fourth-order valence-corrected chi connectivity index (χ4v) is 4.30. The number of nitrogens with one attached hydrogen (secondary N) is 2. The van der Waals surface area contributed by atoms with E-state index in [-0.39, 0.29) is 24.0 Å². The molecule has 1 aromatic rings. The standard InChI is InChI=1S/C22H36N4O.HI/c1-3-23-21(24-17-22(27)13-7-8-14-22)25-20-11-15-26(16-12-20)18(2)19-9-5-4-6-10-19;/h4-6,9-10,18,20,27H,3,7-8,11-17H2,1-2H3,(H2,23,24,25);1H. The molecule has 158 valence electrons. The first-order valence-electron chi connectivity index (χ1n) is 10.7. The molecule has 1 aliphatic carbocycles. The highest BCUT2D eigenvalue weighted by Crippen LogP contribution is 2.29. The Bertz CT molecular complexity index is 596. The molecular weight excluding hydrogens is 463 g/mol. The molecule has 0 radical (unpaired) electrons. The second-order valence-corrected chi connectivity index (χ2v) is 8.17. The highest BCUT2D eigenvalue weighted by Gasteiger charge is 2.31. The molecule has 3 rings (SSSR count). The number of hydrogen-bond acceptors (Lipinski definition) is 3. The van der Waals surface area contributed by atoms with Crippen molar-refractivity contribution in [3.8, 4) is 0 Å². The Hall–Kier alpha value is -0.860. The van der Waals surface area contributed by atoms with Gasteiger partial charge in [-0.15, -0.1) is 24.0 Å². The Morgan fingerprint density at radius 3 is 2.46 bits per heavy atom. The van der Waals surface area contributed by atoms with Crippen molar-refractivity contribution in [1.29, 1.82) is 0 Å². The molecule has 5 nitrogen and oxygen atoms in total. The van der Waals surface area contributed by atoms with Gasteiger partial charge in [-0.2, -0.15) is 0 Å². The zero-order chi connectivity index (χ0) is 19.1. The first kappa shape index (κ1) is 23.4. The molecule has 1 atom stereocenters. The van der Waals surface area contributed by atoms with Crippen LogP contribution in [0.4, 0.5) is 0 Å². The number of halogens is 1. The fourth-order valence-electron chi connectivity index (χ4n) is 4.30. The van der Waals surface area contributed by atoms with E-state index < -0.39 is 5.60 Å². The Morgan fingerprint density at radius 2 is 1.86 bits per heavy atom. The van der Waals surface area contributed by atoms with Crippen LogP contribution < -0.4 is 10.6 Å². The third kappa shape index (κ3) is 6.59. The van der Waals surface area contributed by atoms with E-state index in [1.165, 1.54) is 5.56 Å². The predicted molar refractivity (Wildman–Crippen MR) is 127 cm³/mol. The van der Waals surface area contributed by atoms with Crippen LogP contribution in [0.1, 0.15) is 64.0 Å². The molecule has 0 aromatic heterocycles. The van der Waals surface area contributed by atoms with Crippen molar-refractivity contribution in [3.05, 3.63) is 35.9 Å². The molecule has 2 fully saturated rings. The van der Waals surface area contributed by atoms with Gasteiger partial charge in [0.05, 0.1) is 12.1 Å². The van der Waals surface area contributed by atoms with E-state index in [0.717, 1.165) is 64.1 Å². The molecule has 3 N–H and O–H groups in total. The molecule has 2 aliphatic rings. The summed E-state index contributed by atoms with van der Waals surface area (Å²) in [5.74, 6) is 0.854. The molecular formula is C22H37IN4O. The molecule has 1 saturated carbocycles. The molecule has 1 unspecified atom stereocenters. The summed E-state index contributed by atoms with van der Waals surface area (Å²) in [5, 5.41) is 17.5. The first-order chi connectivity index (χ1) is 13.1. The smallest absolute Gasteiger partial charge is 0.191 e. The fraction of sp³-hybridized carbons (Fsp3) is 0.682. The second kappa shape index (κ2) is 11.4. The van der Waals surface area contributed by atoms with Crippen molar-refractivity contribution in [1.82, 2.24) is 15.5 Å². The van der Waals surface area contributed by atoms with E-state index in [1.807, 2.05) is 0 Å². The average molecular weight is 500 g/mol. The van der Waals surface area contributed by atoms with E-state index in [2.05, 4.69) is 59.7 Å². The van der Waals surface area contributed by atoms with Crippen molar-refractivity contribution in [3.63, 3.8) is 0 Å². The Labute approximate surface area is 187 Å². The molecule has 1 saturated heterocycles. The number of likely N-dealkylation sites (tertiary alicyclic amines) is 1. The van der Waals surface area contributed by atoms with Gasteiger partial charge in [0.2, 0.25) is 0 Å². The van der Waals surface area contributed by atoms with Crippen molar-refractivity contribution in [2.45, 2.75) is 70.1 Å². The van der Waals surface area contributed by atoms with Crippen LogP contribution in [0.3, 0.4) is 0 Å². The van der Waals surface area contributed by atoms with Gasteiger partial charge in [-0.05, 0) is 45.1 Å². The van der Waals surface area contributed by atoms with Gasteiger partial charge in [-0.25, -0.2) is 0 Å². The number of nitrogens with zero attached hydrogens (tertiary/aromatic N) is 2. The Balaban J connectivity index is 0.00000280. The van der Waals surface area contributed by atoms with Gasteiger partial charge in [-0.1, -0.05) is 43.2 Å². The lowest BCUT2D eigenvalue weighted by Gasteiger charge is -2.37. The number of hydrogen-bond donors (Lipinski definition) is 3. The third-order valence-corrected chi connectivity index (χ3v) is 6.11. The molecule has 0 spiro atoms. The topological polar surface area (TPSA) is 59.9 Å². The summed E-state index contributed by atoms with van der Waals surface area (Å²) in [6, 6.07) is 11.7. The summed E-state index contributed by atoms with van der Waals surface area (Å²) in [7, 11) is 0. The lowest BCUT2D eigenvalue weighted by atomic mass is 10.0. The van der Waals surface area contributed by atoms with E-state index in [9.17, 15) is 5.11 Å². The lowest BCUT2D eigenvalue weighted by molar-refractivity contribution is 0.0573. The minimum absolute atomic E-state index is 0. The largest absolute Gasteiger partial charge is 0.388 e. The number of aliphatic imine (C=N–C) groups is 1. The van der Waals surface area contributed by atoms with Crippen LogP contribution in [0.2, 0.25) is 0 Å². The minimum atomic E-state index is -0.586. The SMILES string of the molecule is CCNC(=NCC1(O)CCCC1)NC1CCN(C(C)c2ccccc2)CC1.I. The zero-order valence-electron chi connectivity index (χ0n) is 17.4. The highest BCUT2D eigenvalue weighted by molar-refractivity contribution is 14.0. The van der Waals surface area contributed by atoms with E-state index >= 15 is 0 Å². The summed E-state index contributed by atoms with van der Waals surface area (Å²) in [6.45, 7) is 7.93.